The second kappa shape index (κ2) is 6.37. The van der Waals surface area contributed by atoms with Crippen LogP contribution in [0.4, 0.5) is 0 Å². The molecule has 1 aliphatic rings. The van der Waals surface area contributed by atoms with Gasteiger partial charge in [0.05, 0.1) is 6.42 Å². The molecule has 0 aromatic carbocycles. The summed E-state index contributed by atoms with van der Waals surface area (Å²) in [7, 11) is 0. The van der Waals surface area contributed by atoms with Gasteiger partial charge < -0.3 is 15.3 Å². The number of carbonyl (C=O) groups excluding carboxylic acids is 2. The molecule has 0 spiro atoms. The summed E-state index contributed by atoms with van der Waals surface area (Å²) in [4.78, 5) is 36.1. The summed E-state index contributed by atoms with van der Waals surface area (Å²) in [6.45, 7) is 4.62. The average Bonchev–Trinajstić information content (AvgIpc) is 2.32. The normalized spacial score (nSPS) is 19.8. The van der Waals surface area contributed by atoms with Crippen molar-refractivity contribution >= 4 is 17.8 Å². The van der Waals surface area contributed by atoms with E-state index in [0.29, 0.717) is 25.9 Å². The number of carboxylic acids is 1. The zero-order valence-corrected chi connectivity index (χ0v) is 10.8. The highest BCUT2D eigenvalue weighted by molar-refractivity contribution is 5.92. The van der Waals surface area contributed by atoms with E-state index >= 15 is 0 Å². The van der Waals surface area contributed by atoms with Crippen molar-refractivity contribution in [3.63, 3.8) is 0 Å². The third-order valence-electron chi connectivity index (χ3n) is 3.32. The van der Waals surface area contributed by atoms with Gasteiger partial charge in [0.25, 0.3) is 0 Å². The molecule has 2 amide bonds. The van der Waals surface area contributed by atoms with Gasteiger partial charge in [-0.05, 0) is 12.8 Å². The molecule has 18 heavy (non-hydrogen) atoms. The number of hydrogen-bond donors (Lipinski definition) is 2. The highest BCUT2D eigenvalue weighted by atomic mass is 16.4. The maximum absolute atomic E-state index is 12.3. The van der Waals surface area contributed by atoms with Crippen LogP contribution >= 0.6 is 0 Å². The Kier molecular flexibility index (Phi) is 5.12. The van der Waals surface area contributed by atoms with Gasteiger partial charge in [-0.3, -0.25) is 14.4 Å². The monoisotopic (exact) mass is 256 g/mol. The number of amides is 2. The first-order valence-corrected chi connectivity index (χ1v) is 6.31. The van der Waals surface area contributed by atoms with E-state index in [2.05, 4.69) is 5.32 Å². The van der Waals surface area contributed by atoms with E-state index in [1.807, 2.05) is 13.8 Å². The number of rotatable bonds is 5. The summed E-state index contributed by atoms with van der Waals surface area (Å²) in [6, 6.07) is -0.871. The standard InChI is InChI=1S/C12H20N2O4/c1-3-8(4-2)12(18)14-6-5-13-11(17)9(14)7-10(15)16/h8-9H,3-7H2,1-2H3,(H,13,17)(H,15,16). The Morgan fingerprint density at radius 2 is 2.06 bits per heavy atom. The molecule has 0 aromatic heterocycles. The number of carboxylic acid groups (broad SMARTS) is 1. The lowest BCUT2D eigenvalue weighted by Crippen LogP contribution is -2.58. The van der Waals surface area contributed by atoms with Crippen molar-refractivity contribution in [2.45, 2.75) is 39.2 Å². The van der Waals surface area contributed by atoms with Crippen molar-refractivity contribution in [1.82, 2.24) is 10.2 Å². The van der Waals surface area contributed by atoms with E-state index < -0.39 is 12.0 Å². The van der Waals surface area contributed by atoms with Crippen LogP contribution in [0.3, 0.4) is 0 Å². The first-order chi connectivity index (χ1) is 8.51. The maximum atomic E-state index is 12.3. The second-order valence-corrected chi connectivity index (χ2v) is 4.45. The zero-order chi connectivity index (χ0) is 13.7. The van der Waals surface area contributed by atoms with E-state index in [9.17, 15) is 14.4 Å². The van der Waals surface area contributed by atoms with Crippen LogP contribution in [0.1, 0.15) is 33.1 Å². The van der Waals surface area contributed by atoms with Crippen molar-refractivity contribution in [1.29, 1.82) is 0 Å². The van der Waals surface area contributed by atoms with Crippen LogP contribution in [0.5, 0.6) is 0 Å². The number of carbonyl (C=O) groups is 3. The Balaban J connectivity index is 2.84. The largest absolute Gasteiger partial charge is 0.481 e. The van der Waals surface area contributed by atoms with Crippen molar-refractivity contribution in [2.75, 3.05) is 13.1 Å². The summed E-state index contributed by atoms with van der Waals surface area (Å²) in [5.41, 5.74) is 0. The average molecular weight is 256 g/mol. The Bertz CT molecular complexity index is 339. The molecule has 1 heterocycles. The van der Waals surface area contributed by atoms with Crippen molar-refractivity contribution in [3.05, 3.63) is 0 Å². The molecule has 0 aliphatic carbocycles. The van der Waals surface area contributed by atoms with Gasteiger partial charge in [-0.2, -0.15) is 0 Å². The number of hydrogen-bond acceptors (Lipinski definition) is 3. The van der Waals surface area contributed by atoms with Gasteiger partial charge in [0.2, 0.25) is 11.8 Å². The summed E-state index contributed by atoms with van der Waals surface area (Å²) >= 11 is 0. The van der Waals surface area contributed by atoms with Gasteiger partial charge >= 0.3 is 5.97 Å². The number of nitrogens with zero attached hydrogens (tertiary/aromatic N) is 1. The fourth-order valence-electron chi connectivity index (χ4n) is 2.22. The lowest BCUT2D eigenvalue weighted by atomic mass is 9.99. The molecule has 102 valence electrons. The molecular weight excluding hydrogens is 236 g/mol. The first-order valence-electron chi connectivity index (χ1n) is 6.31. The molecule has 6 heteroatoms. The Morgan fingerprint density at radius 3 is 2.56 bits per heavy atom. The lowest BCUT2D eigenvalue weighted by molar-refractivity contribution is -0.150. The molecule has 1 fully saturated rings. The SMILES string of the molecule is CCC(CC)C(=O)N1CCNC(=O)C1CC(=O)O. The Labute approximate surface area is 106 Å². The number of aliphatic carboxylic acids is 1. The first kappa shape index (κ1) is 14.5. The van der Waals surface area contributed by atoms with Gasteiger partial charge in [-0.25, -0.2) is 0 Å². The van der Waals surface area contributed by atoms with Crippen molar-refractivity contribution < 1.29 is 19.5 Å². The summed E-state index contributed by atoms with van der Waals surface area (Å²) < 4.78 is 0. The fraction of sp³-hybridized carbons (Fsp3) is 0.750. The summed E-state index contributed by atoms with van der Waals surface area (Å²) in [5.74, 6) is -1.68. The molecular formula is C12H20N2O4. The zero-order valence-electron chi connectivity index (χ0n) is 10.8. The minimum Gasteiger partial charge on any atom is -0.481 e. The third-order valence-corrected chi connectivity index (χ3v) is 3.32. The van der Waals surface area contributed by atoms with Gasteiger partial charge in [-0.1, -0.05) is 13.8 Å². The van der Waals surface area contributed by atoms with Crippen LogP contribution in [0.2, 0.25) is 0 Å². The van der Waals surface area contributed by atoms with Gasteiger partial charge in [0.15, 0.2) is 0 Å². The maximum Gasteiger partial charge on any atom is 0.305 e. The van der Waals surface area contributed by atoms with E-state index in [4.69, 9.17) is 5.11 Å². The Morgan fingerprint density at radius 1 is 1.44 bits per heavy atom. The molecule has 6 nitrogen and oxygen atoms in total. The smallest absolute Gasteiger partial charge is 0.305 e. The van der Waals surface area contributed by atoms with Crippen LogP contribution < -0.4 is 5.32 Å². The molecule has 0 bridgehead atoms. The molecule has 1 aliphatic heterocycles. The molecule has 1 rings (SSSR count). The Hall–Kier alpha value is -1.59. The lowest BCUT2D eigenvalue weighted by Gasteiger charge is -2.36. The van der Waals surface area contributed by atoms with Crippen molar-refractivity contribution in [3.8, 4) is 0 Å². The summed E-state index contributed by atoms with van der Waals surface area (Å²) in [6.07, 6.45) is 1.07. The van der Waals surface area contributed by atoms with Gasteiger partial charge in [0.1, 0.15) is 6.04 Å². The molecule has 0 saturated carbocycles. The quantitative estimate of drug-likeness (QED) is 0.737. The van der Waals surface area contributed by atoms with Gasteiger partial charge in [-0.15, -0.1) is 0 Å². The molecule has 2 N–H and O–H groups in total. The van der Waals surface area contributed by atoms with Gasteiger partial charge in [0, 0.05) is 19.0 Å². The number of piperazine rings is 1. The molecule has 0 radical (unpaired) electrons. The van der Waals surface area contributed by atoms with Crippen LogP contribution in [-0.2, 0) is 14.4 Å². The predicted molar refractivity (Wildman–Crippen MR) is 64.8 cm³/mol. The molecule has 0 aromatic rings. The van der Waals surface area contributed by atoms with Crippen LogP contribution in [0.25, 0.3) is 0 Å². The highest BCUT2D eigenvalue weighted by Crippen LogP contribution is 2.17. The third kappa shape index (κ3) is 3.21. The fourth-order valence-corrected chi connectivity index (χ4v) is 2.22. The highest BCUT2D eigenvalue weighted by Gasteiger charge is 2.36. The van der Waals surface area contributed by atoms with E-state index in [-0.39, 0.29) is 24.2 Å². The summed E-state index contributed by atoms with van der Waals surface area (Å²) in [5, 5.41) is 11.4. The van der Waals surface area contributed by atoms with Crippen LogP contribution in [0.15, 0.2) is 0 Å². The molecule has 1 atom stereocenters. The molecule has 1 saturated heterocycles. The molecule has 1 unspecified atom stereocenters. The van der Waals surface area contributed by atoms with E-state index in [1.54, 1.807) is 0 Å². The predicted octanol–water partition coefficient (Wildman–Crippen LogP) is 0.224. The number of nitrogens with one attached hydrogen (secondary N) is 1. The minimum absolute atomic E-state index is 0.110. The van der Waals surface area contributed by atoms with Crippen LogP contribution in [-0.4, -0.2) is 46.9 Å². The topological polar surface area (TPSA) is 86.7 Å². The van der Waals surface area contributed by atoms with E-state index in [1.165, 1.54) is 4.90 Å². The minimum atomic E-state index is -1.07. The van der Waals surface area contributed by atoms with Crippen LogP contribution in [0, 0.1) is 5.92 Å². The second-order valence-electron chi connectivity index (χ2n) is 4.45. The van der Waals surface area contributed by atoms with E-state index in [0.717, 1.165) is 0 Å². The van der Waals surface area contributed by atoms with Crippen molar-refractivity contribution in [2.24, 2.45) is 5.92 Å².